The predicted molar refractivity (Wildman–Crippen MR) is 64.4 cm³/mol. The van der Waals surface area contributed by atoms with Crippen LogP contribution in [0.15, 0.2) is 24.5 Å². The van der Waals surface area contributed by atoms with E-state index in [9.17, 15) is 9.59 Å². The highest BCUT2D eigenvalue weighted by Crippen LogP contribution is 2.20. The molecule has 5 nitrogen and oxygen atoms in total. The Morgan fingerprint density at radius 1 is 1.61 bits per heavy atom. The van der Waals surface area contributed by atoms with Crippen molar-refractivity contribution in [1.82, 2.24) is 9.88 Å². The van der Waals surface area contributed by atoms with Crippen LogP contribution in [0.2, 0.25) is 0 Å². The van der Waals surface area contributed by atoms with E-state index in [-0.39, 0.29) is 5.91 Å². The zero-order valence-corrected chi connectivity index (χ0v) is 10.3. The number of methoxy groups -OCH3 is 1. The average Bonchev–Trinajstić information content (AvgIpc) is 2.41. The first-order valence-corrected chi connectivity index (χ1v) is 5.98. The molecule has 0 spiro atoms. The first kappa shape index (κ1) is 12.5. The predicted octanol–water partition coefficient (Wildman–Crippen LogP) is 0.993. The Bertz CT molecular complexity index is 433. The Hall–Kier alpha value is -1.91. The number of amides is 1. The summed E-state index contributed by atoms with van der Waals surface area (Å²) < 4.78 is 4.66. The van der Waals surface area contributed by atoms with Crippen molar-refractivity contribution in [1.29, 1.82) is 0 Å². The van der Waals surface area contributed by atoms with Crippen molar-refractivity contribution in [3.8, 4) is 0 Å². The van der Waals surface area contributed by atoms with E-state index in [2.05, 4.69) is 9.72 Å². The van der Waals surface area contributed by atoms with Gasteiger partial charge in [0.05, 0.1) is 7.11 Å². The van der Waals surface area contributed by atoms with Gasteiger partial charge in [-0.2, -0.15) is 0 Å². The van der Waals surface area contributed by atoms with Crippen LogP contribution < -0.4 is 0 Å². The molecular formula is C13H16N2O3. The highest BCUT2D eigenvalue weighted by atomic mass is 16.5. The Morgan fingerprint density at radius 3 is 3.11 bits per heavy atom. The summed E-state index contributed by atoms with van der Waals surface area (Å²) in [5.74, 6) is -1.21. The van der Waals surface area contributed by atoms with Crippen LogP contribution in [0, 0.1) is 5.92 Å². The lowest BCUT2D eigenvalue weighted by Crippen LogP contribution is -2.44. The molecule has 1 atom stereocenters. The largest absolute Gasteiger partial charge is 0.468 e. The molecule has 1 saturated heterocycles. The van der Waals surface area contributed by atoms with Gasteiger partial charge in [-0.1, -0.05) is 6.07 Å². The number of hydrogen-bond donors (Lipinski definition) is 0. The molecule has 1 aromatic heterocycles. The number of hydrogen-bond acceptors (Lipinski definition) is 4. The highest BCUT2D eigenvalue weighted by molar-refractivity contribution is 5.98. The number of carbonyl (C=O) groups is 2. The minimum atomic E-state index is -0.638. The molecule has 0 bridgehead atoms. The molecule has 1 aromatic rings. The first-order valence-electron chi connectivity index (χ1n) is 5.98. The SMILES string of the molecule is COC(=O)C1CCCN(Cc2cccnc2)C1=O. The smallest absolute Gasteiger partial charge is 0.318 e. The van der Waals surface area contributed by atoms with Crippen LogP contribution in [0.4, 0.5) is 0 Å². The molecule has 1 aliphatic heterocycles. The van der Waals surface area contributed by atoms with Gasteiger partial charge < -0.3 is 9.64 Å². The van der Waals surface area contributed by atoms with Gasteiger partial charge in [-0.25, -0.2) is 0 Å². The molecule has 1 fully saturated rings. The van der Waals surface area contributed by atoms with E-state index >= 15 is 0 Å². The van der Waals surface area contributed by atoms with E-state index in [0.29, 0.717) is 19.5 Å². The van der Waals surface area contributed by atoms with Crippen LogP contribution in [-0.2, 0) is 20.9 Å². The molecule has 96 valence electrons. The quantitative estimate of drug-likeness (QED) is 0.591. The Labute approximate surface area is 106 Å². The number of rotatable bonds is 3. The van der Waals surface area contributed by atoms with Crippen LogP contribution in [0.1, 0.15) is 18.4 Å². The second-order valence-corrected chi connectivity index (χ2v) is 4.34. The number of aromatic nitrogens is 1. The fourth-order valence-electron chi connectivity index (χ4n) is 2.17. The second kappa shape index (κ2) is 5.62. The maximum Gasteiger partial charge on any atom is 0.318 e. The normalized spacial score (nSPS) is 19.7. The van der Waals surface area contributed by atoms with Crippen LogP contribution in [-0.4, -0.2) is 35.4 Å². The average molecular weight is 248 g/mol. The summed E-state index contributed by atoms with van der Waals surface area (Å²) in [6.45, 7) is 1.18. The fraction of sp³-hybridized carbons (Fsp3) is 0.462. The van der Waals surface area contributed by atoms with Gasteiger partial charge in [0.25, 0.3) is 0 Å². The molecule has 2 heterocycles. The summed E-state index contributed by atoms with van der Waals surface area (Å²) in [7, 11) is 1.32. The summed E-state index contributed by atoms with van der Waals surface area (Å²) in [5, 5.41) is 0. The number of carbonyl (C=O) groups excluding carboxylic acids is 2. The lowest BCUT2D eigenvalue weighted by molar-refractivity contribution is -0.156. The van der Waals surface area contributed by atoms with Gasteiger partial charge in [-0.15, -0.1) is 0 Å². The van der Waals surface area contributed by atoms with Crippen molar-refractivity contribution in [2.75, 3.05) is 13.7 Å². The van der Waals surface area contributed by atoms with Crippen molar-refractivity contribution in [3.63, 3.8) is 0 Å². The Morgan fingerprint density at radius 2 is 2.44 bits per heavy atom. The van der Waals surface area contributed by atoms with Gasteiger partial charge in [-0.3, -0.25) is 14.6 Å². The number of nitrogens with zero attached hydrogens (tertiary/aromatic N) is 2. The van der Waals surface area contributed by atoms with Crippen molar-refractivity contribution in [2.24, 2.45) is 5.92 Å². The second-order valence-electron chi connectivity index (χ2n) is 4.34. The molecule has 2 rings (SSSR count). The topological polar surface area (TPSA) is 59.5 Å². The Kier molecular flexibility index (Phi) is 3.92. The molecule has 1 aliphatic rings. The zero-order chi connectivity index (χ0) is 13.0. The van der Waals surface area contributed by atoms with Crippen LogP contribution >= 0.6 is 0 Å². The number of ether oxygens (including phenoxy) is 1. The maximum absolute atomic E-state index is 12.1. The third-order valence-corrected chi connectivity index (χ3v) is 3.11. The first-order chi connectivity index (χ1) is 8.72. The fourth-order valence-corrected chi connectivity index (χ4v) is 2.17. The van der Waals surface area contributed by atoms with Crippen molar-refractivity contribution >= 4 is 11.9 Å². The van der Waals surface area contributed by atoms with Crippen molar-refractivity contribution in [2.45, 2.75) is 19.4 Å². The number of piperidine rings is 1. The summed E-state index contributed by atoms with van der Waals surface area (Å²) >= 11 is 0. The van der Waals surface area contributed by atoms with E-state index in [1.165, 1.54) is 7.11 Å². The van der Waals surface area contributed by atoms with Gasteiger partial charge in [0, 0.05) is 25.5 Å². The number of pyridine rings is 1. The molecule has 5 heteroatoms. The van der Waals surface area contributed by atoms with E-state index in [1.54, 1.807) is 17.3 Å². The molecule has 0 radical (unpaired) electrons. The standard InChI is InChI=1S/C13H16N2O3/c1-18-13(17)11-5-3-7-15(12(11)16)9-10-4-2-6-14-8-10/h2,4,6,8,11H,3,5,7,9H2,1H3. The molecule has 0 N–H and O–H groups in total. The minimum Gasteiger partial charge on any atom is -0.468 e. The molecule has 0 saturated carbocycles. The lowest BCUT2D eigenvalue weighted by Gasteiger charge is -2.30. The van der Waals surface area contributed by atoms with Gasteiger partial charge in [-0.05, 0) is 24.5 Å². The molecule has 0 aliphatic carbocycles. The molecule has 0 aromatic carbocycles. The van der Waals surface area contributed by atoms with Crippen LogP contribution in [0.3, 0.4) is 0 Å². The molecule has 1 amide bonds. The van der Waals surface area contributed by atoms with Crippen molar-refractivity contribution in [3.05, 3.63) is 30.1 Å². The molecule has 18 heavy (non-hydrogen) atoms. The van der Waals surface area contributed by atoms with E-state index in [1.807, 2.05) is 12.1 Å². The lowest BCUT2D eigenvalue weighted by atomic mass is 9.97. The minimum absolute atomic E-state index is 0.142. The summed E-state index contributed by atoms with van der Waals surface area (Å²) in [6.07, 6.45) is 4.83. The van der Waals surface area contributed by atoms with E-state index in [4.69, 9.17) is 0 Å². The summed E-state index contributed by atoms with van der Waals surface area (Å²) in [5.41, 5.74) is 0.969. The molecular weight excluding hydrogens is 232 g/mol. The zero-order valence-electron chi connectivity index (χ0n) is 10.3. The summed E-state index contributed by atoms with van der Waals surface area (Å²) in [6, 6.07) is 3.75. The molecule has 1 unspecified atom stereocenters. The Balaban J connectivity index is 2.05. The number of esters is 1. The van der Waals surface area contributed by atoms with E-state index < -0.39 is 11.9 Å². The highest BCUT2D eigenvalue weighted by Gasteiger charge is 2.34. The number of likely N-dealkylation sites (tertiary alicyclic amines) is 1. The monoisotopic (exact) mass is 248 g/mol. The van der Waals surface area contributed by atoms with Crippen LogP contribution in [0.5, 0.6) is 0 Å². The van der Waals surface area contributed by atoms with E-state index in [0.717, 1.165) is 12.0 Å². The van der Waals surface area contributed by atoms with Gasteiger partial charge >= 0.3 is 5.97 Å². The summed E-state index contributed by atoms with van der Waals surface area (Å²) in [4.78, 5) is 29.3. The maximum atomic E-state index is 12.1. The third kappa shape index (κ3) is 2.67. The van der Waals surface area contributed by atoms with Gasteiger partial charge in [0.1, 0.15) is 5.92 Å². The van der Waals surface area contributed by atoms with Crippen LogP contribution in [0.25, 0.3) is 0 Å². The van der Waals surface area contributed by atoms with Crippen molar-refractivity contribution < 1.29 is 14.3 Å². The van der Waals surface area contributed by atoms with Gasteiger partial charge in [0.15, 0.2) is 0 Å². The third-order valence-electron chi connectivity index (χ3n) is 3.11. The van der Waals surface area contributed by atoms with Gasteiger partial charge in [0.2, 0.25) is 5.91 Å².